The minimum Gasteiger partial charge on any atom is -0.469 e. The number of carbonyl (C=O) groups excluding carboxylic acids is 1. The third-order valence-electron chi connectivity index (χ3n) is 3.07. The smallest absolute Gasteiger partial charge is 0.221 e. The van der Waals surface area contributed by atoms with E-state index in [0.29, 0.717) is 6.04 Å². The molecular formula is C15H20N2O2S. The Labute approximate surface area is 123 Å². The lowest BCUT2D eigenvalue weighted by Gasteiger charge is -2.13. The van der Waals surface area contributed by atoms with Crippen molar-refractivity contribution < 1.29 is 9.21 Å². The molecule has 4 nitrogen and oxygen atoms in total. The Balaban J connectivity index is 1.76. The Kier molecular flexibility index (Phi) is 5.38. The molecule has 0 bridgehead atoms. The second-order valence-electron chi connectivity index (χ2n) is 4.84. The van der Waals surface area contributed by atoms with E-state index in [9.17, 15) is 4.79 Å². The lowest BCUT2D eigenvalue weighted by Crippen LogP contribution is -2.26. The van der Waals surface area contributed by atoms with E-state index in [2.05, 4.69) is 17.6 Å². The van der Waals surface area contributed by atoms with Crippen LogP contribution in [0, 0.1) is 0 Å². The average Bonchev–Trinajstić information content (AvgIpc) is 3.04. The second-order valence-corrected chi connectivity index (χ2v) is 5.84. The lowest BCUT2D eigenvalue weighted by molar-refractivity contribution is -0.114. The number of aryl methyl sites for hydroxylation is 1. The summed E-state index contributed by atoms with van der Waals surface area (Å²) >= 11 is 1.65. The fourth-order valence-electron chi connectivity index (χ4n) is 1.96. The Bertz CT molecular complexity index is 534. The molecule has 1 unspecified atom stereocenters. The molecule has 1 amide bonds. The molecule has 0 aliphatic heterocycles. The standard InChI is InChI=1S/C15H20N2O2S/c1-11(5-6-13-4-3-8-19-13)16-10-15-14(7-9-20-15)17-12(2)18/h3-4,7-9,11,16H,5-6,10H2,1-2H3,(H,17,18). The molecule has 108 valence electrons. The third-order valence-corrected chi connectivity index (χ3v) is 3.99. The molecule has 0 saturated heterocycles. The number of furan rings is 1. The molecule has 2 aromatic rings. The molecule has 0 saturated carbocycles. The highest BCUT2D eigenvalue weighted by Gasteiger charge is 2.08. The molecule has 5 heteroatoms. The third kappa shape index (κ3) is 4.51. The SMILES string of the molecule is CC(=O)Nc1ccsc1CNC(C)CCc1ccco1. The topological polar surface area (TPSA) is 54.3 Å². The van der Waals surface area contributed by atoms with Gasteiger partial charge >= 0.3 is 0 Å². The summed E-state index contributed by atoms with van der Waals surface area (Å²) < 4.78 is 5.32. The van der Waals surface area contributed by atoms with E-state index >= 15 is 0 Å². The molecule has 0 spiro atoms. The van der Waals surface area contributed by atoms with Crippen LogP contribution in [0.5, 0.6) is 0 Å². The van der Waals surface area contributed by atoms with Gasteiger partial charge in [0.05, 0.1) is 12.0 Å². The Morgan fingerprint density at radius 1 is 1.45 bits per heavy atom. The maximum Gasteiger partial charge on any atom is 0.221 e. The molecule has 0 aliphatic rings. The van der Waals surface area contributed by atoms with E-state index in [1.807, 2.05) is 23.6 Å². The zero-order chi connectivity index (χ0) is 14.4. The Morgan fingerprint density at radius 2 is 2.30 bits per heavy atom. The van der Waals surface area contributed by atoms with Gasteiger partial charge in [-0.2, -0.15) is 0 Å². The van der Waals surface area contributed by atoms with Gasteiger partial charge in [0.1, 0.15) is 5.76 Å². The van der Waals surface area contributed by atoms with Crippen LogP contribution in [0.1, 0.15) is 30.9 Å². The van der Waals surface area contributed by atoms with Crippen LogP contribution in [-0.2, 0) is 17.8 Å². The van der Waals surface area contributed by atoms with Crippen LogP contribution in [-0.4, -0.2) is 11.9 Å². The zero-order valence-corrected chi connectivity index (χ0v) is 12.6. The second kappa shape index (κ2) is 7.26. The number of amides is 1. The zero-order valence-electron chi connectivity index (χ0n) is 11.8. The van der Waals surface area contributed by atoms with E-state index in [-0.39, 0.29) is 5.91 Å². The fourth-order valence-corrected chi connectivity index (χ4v) is 2.74. The Morgan fingerprint density at radius 3 is 3.00 bits per heavy atom. The van der Waals surface area contributed by atoms with Crippen molar-refractivity contribution in [3.63, 3.8) is 0 Å². The van der Waals surface area contributed by atoms with Crippen LogP contribution in [0.2, 0.25) is 0 Å². The number of carbonyl (C=O) groups is 1. The van der Waals surface area contributed by atoms with Crippen molar-refractivity contribution in [2.45, 2.75) is 39.3 Å². The fraction of sp³-hybridized carbons (Fsp3) is 0.400. The number of rotatable bonds is 7. The molecule has 0 aliphatic carbocycles. The molecule has 0 fully saturated rings. The van der Waals surface area contributed by atoms with Gasteiger partial charge < -0.3 is 15.1 Å². The van der Waals surface area contributed by atoms with Crippen molar-refractivity contribution in [3.05, 3.63) is 40.5 Å². The molecule has 0 radical (unpaired) electrons. The van der Waals surface area contributed by atoms with Crippen LogP contribution >= 0.6 is 11.3 Å². The summed E-state index contributed by atoms with van der Waals surface area (Å²) in [5.41, 5.74) is 0.910. The van der Waals surface area contributed by atoms with Crippen LogP contribution in [0.3, 0.4) is 0 Å². The van der Waals surface area contributed by atoms with E-state index in [4.69, 9.17) is 4.42 Å². The molecule has 2 aromatic heterocycles. The molecule has 2 N–H and O–H groups in total. The van der Waals surface area contributed by atoms with Crippen LogP contribution in [0.15, 0.2) is 34.3 Å². The van der Waals surface area contributed by atoms with Gasteiger partial charge in [-0.3, -0.25) is 4.79 Å². The van der Waals surface area contributed by atoms with Crippen molar-refractivity contribution in [2.24, 2.45) is 0 Å². The predicted octanol–water partition coefficient (Wildman–Crippen LogP) is 3.41. The summed E-state index contributed by atoms with van der Waals surface area (Å²) in [6.45, 7) is 4.46. The van der Waals surface area contributed by atoms with Gasteiger partial charge in [0, 0.05) is 30.8 Å². The minimum atomic E-state index is -0.0319. The van der Waals surface area contributed by atoms with Gasteiger partial charge in [0.15, 0.2) is 0 Å². The van der Waals surface area contributed by atoms with Crippen molar-refractivity contribution in [3.8, 4) is 0 Å². The Hall–Kier alpha value is -1.59. The molecular weight excluding hydrogens is 272 g/mol. The van der Waals surface area contributed by atoms with Crippen molar-refractivity contribution in [1.29, 1.82) is 0 Å². The first-order chi connectivity index (χ1) is 9.65. The van der Waals surface area contributed by atoms with E-state index in [0.717, 1.165) is 35.7 Å². The summed E-state index contributed by atoms with van der Waals surface area (Å²) in [6.07, 6.45) is 3.66. The highest BCUT2D eigenvalue weighted by molar-refractivity contribution is 7.10. The summed E-state index contributed by atoms with van der Waals surface area (Å²) in [7, 11) is 0. The van der Waals surface area contributed by atoms with Gasteiger partial charge in [-0.25, -0.2) is 0 Å². The summed E-state index contributed by atoms with van der Waals surface area (Å²) in [5.74, 6) is 0.990. The normalized spacial score (nSPS) is 12.3. The van der Waals surface area contributed by atoms with Crippen LogP contribution in [0.4, 0.5) is 5.69 Å². The van der Waals surface area contributed by atoms with Gasteiger partial charge in [0.2, 0.25) is 5.91 Å². The maximum absolute atomic E-state index is 11.1. The quantitative estimate of drug-likeness (QED) is 0.822. The molecule has 0 aromatic carbocycles. The van der Waals surface area contributed by atoms with E-state index in [1.54, 1.807) is 17.6 Å². The highest BCUT2D eigenvalue weighted by Crippen LogP contribution is 2.22. The monoisotopic (exact) mass is 292 g/mol. The molecule has 20 heavy (non-hydrogen) atoms. The number of nitrogens with one attached hydrogen (secondary N) is 2. The number of anilines is 1. The first-order valence-corrected chi connectivity index (χ1v) is 7.63. The van der Waals surface area contributed by atoms with Gasteiger partial charge in [0.25, 0.3) is 0 Å². The number of thiophene rings is 1. The first kappa shape index (κ1) is 14.8. The predicted molar refractivity (Wildman–Crippen MR) is 82.0 cm³/mol. The summed E-state index contributed by atoms with van der Waals surface area (Å²) in [6, 6.07) is 6.25. The molecule has 1 atom stereocenters. The molecule has 2 rings (SSSR count). The number of hydrogen-bond donors (Lipinski definition) is 2. The average molecular weight is 292 g/mol. The van der Waals surface area contributed by atoms with Gasteiger partial charge in [-0.1, -0.05) is 0 Å². The van der Waals surface area contributed by atoms with E-state index in [1.165, 1.54) is 6.92 Å². The van der Waals surface area contributed by atoms with Crippen molar-refractivity contribution in [1.82, 2.24) is 5.32 Å². The van der Waals surface area contributed by atoms with Crippen LogP contribution < -0.4 is 10.6 Å². The summed E-state index contributed by atoms with van der Waals surface area (Å²) in [5, 5.41) is 8.32. The van der Waals surface area contributed by atoms with Gasteiger partial charge in [-0.05, 0) is 36.9 Å². The van der Waals surface area contributed by atoms with Gasteiger partial charge in [-0.15, -0.1) is 11.3 Å². The van der Waals surface area contributed by atoms with Crippen molar-refractivity contribution >= 4 is 22.9 Å². The maximum atomic E-state index is 11.1. The van der Waals surface area contributed by atoms with Crippen LogP contribution in [0.25, 0.3) is 0 Å². The number of hydrogen-bond acceptors (Lipinski definition) is 4. The lowest BCUT2D eigenvalue weighted by atomic mass is 10.1. The largest absolute Gasteiger partial charge is 0.469 e. The summed E-state index contributed by atoms with van der Waals surface area (Å²) in [4.78, 5) is 12.3. The minimum absolute atomic E-state index is 0.0319. The highest BCUT2D eigenvalue weighted by atomic mass is 32.1. The van der Waals surface area contributed by atoms with Crippen molar-refractivity contribution in [2.75, 3.05) is 5.32 Å². The van der Waals surface area contributed by atoms with E-state index < -0.39 is 0 Å². The first-order valence-electron chi connectivity index (χ1n) is 6.75. The molecule has 2 heterocycles.